The molecule has 0 unspecified atom stereocenters. The van der Waals surface area contributed by atoms with Gasteiger partial charge < -0.3 is 0 Å². The van der Waals surface area contributed by atoms with Crippen LogP contribution in [-0.2, 0) is 11.2 Å². The van der Waals surface area contributed by atoms with E-state index in [2.05, 4.69) is 4.99 Å². The lowest BCUT2D eigenvalue weighted by Gasteiger charge is -2.16. The number of benzene rings is 3. The van der Waals surface area contributed by atoms with Crippen LogP contribution in [0.15, 0.2) is 89.9 Å². The number of rotatable bonds is 5. The highest BCUT2D eigenvalue weighted by atomic mass is 32.2. The van der Waals surface area contributed by atoms with Crippen molar-refractivity contribution in [1.82, 2.24) is 0 Å². The minimum atomic E-state index is -0.425. The van der Waals surface area contributed by atoms with Crippen molar-refractivity contribution in [2.45, 2.75) is 11.7 Å². The van der Waals surface area contributed by atoms with Crippen molar-refractivity contribution >= 4 is 39.9 Å². The number of carbonyl (C=O) groups excluding carboxylic acids is 1. The number of hydrogen-bond acceptors (Lipinski definition) is 5. The predicted molar refractivity (Wildman–Crippen MR) is 116 cm³/mol. The van der Waals surface area contributed by atoms with E-state index in [9.17, 15) is 14.9 Å². The second-order valence-electron chi connectivity index (χ2n) is 6.48. The van der Waals surface area contributed by atoms with Crippen LogP contribution in [0.4, 0.5) is 17.1 Å². The maximum absolute atomic E-state index is 13.2. The van der Waals surface area contributed by atoms with Crippen molar-refractivity contribution in [3.63, 3.8) is 0 Å². The first-order chi connectivity index (χ1) is 14.1. The second-order valence-corrected chi connectivity index (χ2v) is 7.65. The second kappa shape index (κ2) is 8.28. The SMILES string of the molecule is O=C1[C@@H](Cc2cccc([N+](=O)[O-])c2)SC(=Nc2ccccc2)N1c1ccccc1. The van der Waals surface area contributed by atoms with Crippen LogP contribution in [0.25, 0.3) is 0 Å². The molecule has 1 saturated heterocycles. The normalized spacial score (nSPS) is 17.7. The van der Waals surface area contributed by atoms with Crippen LogP contribution in [0.3, 0.4) is 0 Å². The van der Waals surface area contributed by atoms with Gasteiger partial charge in [-0.25, -0.2) is 4.99 Å². The van der Waals surface area contributed by atoms with Gasteiger partial charge >= 0.3 is 0 Å². The molecule has 29 heavy (non-hydrogen) atoms. The zero-order valence-corrected chi connectivity index (χ0v) is 16.2. The molecule has 0 aromatic heterocycles. The summed E-state index contributed by atoms with van der Waals surface area (Å²) in [6, 6.07) is 25.3. The highest BCUT2D eigenvalue weighted by Crippen LogP contribution is 2.35. The average Bonchev–Trinajstić information content (AvgIpc) is 3.04. The monoisotopic (exact) mass is 403 g/mol. The maximum atomic E-state index is 13.2. The fourth-order valence-electron chi connectivity index (χ4n) is 3.11. The van der Waals surface area contributed by atoms with Crippen LogP contribution in [0, 0.1) is 10.1 Å². The van der Waals surface area contributed by atoms with Gasteiger partial charge in [-0.2, -0.15) is 0 Å². The van der Waals surface area contributed by atoms with E-state index in [4.69, 9.17) is 0 Å². The van der Waals surface area contributed by atoms with Gasteiger partial charge in [0.05, 0.1) is 21.5 Å². The van der Waals surface area contributed by atoms with E-state index in [-0.39, 0.29) is 11.6 Å². The smallest absolute Gasteiger partial charge is 0.269 e. The number of amides is 1. The van der Waals surface area contributed by atoms with Crippen molar-refractivity contribution in [3.8, 4) is 0 Å². The van der Waals surface area contributed by atoms with Gasteiger partial charge in [0.1, 0.15) is 0 Å². The molecule has 0 radical (unpaired) electrons. The first-order valence-corrected chi connectivity index (χ1v) is 9.92. The van der Waals surface area contributed by atoms with E-state index in [1.54, 1.807) is 17.0 Å². The van der Waals surface area contributed by atoms with Gasteiger partial charge in [0.2, 0.25) is 5.91 Å². The largest absolute Gasteiger partial charge is 0.273 e. The van der Waals surface area contributed by atoms with Gasteiger partial charge in [-0.3, -0.25) is 19.8 Å². The van der Waals surface area contributed by atoms with Gasteiger partial charge in [-0.1, -0.05) is 60.3 Å². The van der Waals surface area contributed by atoms with E-state index in [1.165, 1.54) is 23.9 Å². The number of thioether (sulfide) groups is 1. The standard InChI is InChI=1S/C22H17N3O3S/c26-21-20(15-16-8-7-13-19(14-16)25(27)28)29-22(23-17-9-3-1-4-10-17)24(21)18-11-5-2-6-12-18/h1-14,20H,15H2/t20-/m1/s1. The zero-order chi connectivity index (χ0) is 20.2. The van der Waals surface area contributed by atoms with Crippen LogP contribution >= 0.6 is 11.8 Å². The lowest BCUT2D eigenvalue weighted by atomic mass is 10.1. The van der Waals surface area contributed by atoms with Gasteiger partial charge in [-0.15, -0.1) is 0 Å². The summed E-state index contributed by atoms with van der Waals surface area (Å²) in [7, 11) is 0. The highest BCUT2D eigenvalue weighted by molar-refractivity contribution is 8.16. The number of carbonyl (C=O) groups is 1. The van der Waals surface area contributed by atoms with Crippen molar-refractivity contribution in [2.24, 2.45) is 4.99 Å². The van der Waals surface area contributed by atoms with E-state index < -0.39 is 10.2 Å². The number of anilines is 1. The van der Waals surface area contributed by atoms with Gasteiger partial charge in [-0.05, 0) is 36.2 Å². The fourth-order valence-corrected chi connectivity index (χ4v) is 4.31. The summed E-state index contributed by atoms with van der Waals surface area (Å²) in [5, 5.41) is 11.2. The summed E-state index contributed by atoms with van der Waals surface area (Å²) in [6.07, 6.45) is 0.391. The molecule has 7 heteroatoms. The lowest BCUT2D eigenvalue weighted by molar-refractivity contribution is -0.384. The van der Waals surface area contributed by atoms with Crippen molar-refractivity contribution in [2.75, 3.05) is 4.90 Å². The molecule has 144 valence electrons. The van der Waals surface area contributed by atoms with Crippen LogP contribution in [-0.4, -0.2) is 21.2 Å². The molecule has 1 aliphatic heterocycles. The number of amidine groups is 1. The number of aliphatic imine (C=N–C) groups is 1. The molecular weight excluding hydrogens is 386 g/mol. The summed E-state index contributed by atoms with van der Waals surface area (Å²) < 4.78 is 0. The van der Waals surface area contributed by atoms with Crippen LogP contribution < -0.4 is 4.90 Å². The maximum Gasteiger partial charge on any atom is 0.269 e. The minimum Gasteiger partial charge on any atom is -0.273 e. The number of para-hydroxylation sites is 2. The third kappa shape index (κ3) is 4.20. The summed E-state index contributed by atoms with van der Waals surface area (Å²) >= 11 is 1.38. The Morgan fingerprint density at radius 2 is 1.66 bits per heavy atom. The van der Waals surface area contributed by atoms with E-state index >= 15 is 0 Å². The average molecular weight is 403 g/mol. The Balaban J connectivity index is 1.67. The molecule has 3 aromatic carbocycles. The van der Waals surface area contributed by atoms with Crippen LogP contribution in [0.1, 0.15) is 5.56 Å². The van der Waals surface area contributed by atoms with Crippen molar-refractivity contribution in [1.29, 1.82) is 0 Å². The third-order valence-electron chi connectivity index (χ3n) is 4.47. The Bertz CT molecular complexity index is 1070. The molecule has 1 amide bonds. The molecule has 0 N–H and O–H groups in total. The fraction of sp³-hybridized carbons (Fsp3) is 0.0909. The van der Waals surface area contributed by atoms with Crippen molar-refractivity contribution in [3.05, 3.63) is 101 Å². The number of nitro groups is 1. The van der Waals surface area contributed by atoms with Gasteiger partial charge in [0.25, 0.3) is 5.69 Å². The topological polar surface area (TPSA) is 75.8 Å². The molecule has 1 atom stereocenters. The molecule has 3 aromatic rings. The molecule has 1 heterocycles. The minimum absolute atomic E-state index is 0.0241. The number of hydrogen-bond donors (Lipinski definition) is 0. The van der Waals surface area contributed by atoms with E-state index in [1.807, 2.05) is 60.7 Å². The summed E-state index contributed by atoms with van der Waals surface area (Å²) in [6.45, 7) is 0. The van der Waals surface area contributed by atoms with Crippen molar-refractivity contribution < 1.29 is 9.72 Å². The molecule has 1 fully saturated rings. The van der Waals surface area contributed by atoms with Crippen LogP contribution in [0.2, 0.25) is 0 Å². The predicted octanol–water partition coefficient (Wildman–Crippen LogP) is 4.97. The molecule has 0 aliphatic carbocycles. The highest BCUT2D eigenvalue weighted by Gasteiger charge is 2.39. The first kappa shape index (κ1) is 18.9. The Morgan fingerprint density at radius 3 is 2.34 bits per heavy atom. The number of non-ortho nitro benzene ring substituents is 1. The lowest BCUT2D eigenvalue weighted by Crippen LogP contribution is -2.32. The van der Waals surface area contributed by atoms with Gasteiger partial charge in [0.15, 0.2) is 5.17 Å². The van der Waals surface area contributed by atoms with E-state index in [0.717, 1.165) is 16.9 Å². The van der Waals surface area contributed by atoms with Crippen LogP contribution in [0.5, 0.6) is 0 Å². The molecule has 6 nitrogen and oxygen atoms in total. The first-order valence-electron chi connectivity index (χ1n) is 9.04. The Morgan fingerprint density at radius 1 is 0.966 bits per heavy atom. The Hall–Kier alpha value is -3.45. The zero-order valence-electron chi connectivity index (χ0n) is 15.3. The number of nitrogens with zero attached hydrogens (tertiary/aromatic N) is 3. The van der Waals surface area contributed by atoms with E-state index in [0.29, 0.717) is 11.6 Å². The molecule has 0 saturated carbocycles. The molecular formula is C22H17N3O3S. The molecule has 1 aliphatic rings. The Kier molecular flexibility index (Phi) is 5.39. The third-order valence-corrected chi connectivity index (χ3v) is 5.61. The Labute approximate surface area is 172 Å². The number of nitro benzene ring substituents is 1. The molecule has 0 bridgehead atoms. The summed E-state index contributed by atoms with van der Waals surface area (Å²) in [5.41, 5.74) is 2.29. The van der Waals surface area contributed by atoms with Gasteiger partial charge in [0, 0.05) is 12.1 Å². The summed E-state index contributed by atoms with van der Waals surface area (Å²) in [4.78, 5) is 30.2. The quantitative estimate of drug-likeness (QED) is 0.445. The molecule has 4 rings (SSSR count). The molecule has 0 spiro atoms. The summed E-state index contributed by atoms with van der Waals surface area (Å²) in [5.74, 6) is -0.0811.